The van der Waals surface area contributed by atoms with Crippen LogP contribution in [-0.2, 0) is 0 Å². The zero-order valence-electron chi connectivity index (χ0n) is 16.4. The smallest absolute Gasteiger partial charge is 0.125 e. The van der Waals surface area contributed by atoms with Crippen molar-refractivity contribution in [2.24, 2.45) is 5.92 Å². The minimum atomic E-state index is 0.114. The molecule has 0 radical (unpaired) electrons. The molecule has 1 saturated heterocycles. The highest BCUT2D eigenvalue weighted by Gasteiger charge is 2.42. The number of aryl methyl sites for hydroxylation is 1. The van der Waals surface area contributed by atoms with Crippen molar-refractivity contribution in [2.75, 3.05) is 4.90 Å². The van der Waals surface area contributed by atoms with Crippen LogP contribution in [0.3, 0.4) is 0 Å². The summed E-state index contributed by atoms with van der Waals surface area (Å²) in [5, 5.41) is 1.92. The molecule has 2 nitrogen and oxygen atoms in total. The molecule has 0 spiro atoms. The summed E-state index contributed by atoms with van der Waals surface area (Å²) in [6.45, 7) is 4.50. The summed E-state index contributed by atoms with van der Waals surface area (Å²) in [5.41, 5.74) is 3.86. The molecule has 2 fully saturated rings. The molecule has 1 aliphatic carbocycles. The summed E-state index contributed by atoms with van der Waals surface area (Å²) in [6, 6.07) is 19.7. The van der Waals surface area contributed by atoms with E-state index in [2.05, 4.69) is 73.3 Å². The molecule has 1 heterocycles. The monoisotopic (exact) mass is 335 g/mol. The SMILES string of the molecule is [2H]N1C(c2ccccc2)[C@H](C)N(c2ccccc2C)C1C1CCCCC1. The Labute approximate surface area is 153 Å². The topological polar surface area (TPSA) is 15.3 Å². The predicted molar refractivity (Wildman–Crippen MR) is 106 cm³/mol. The van der Waals surface area contributed by atoms with Gasteiger partial charge in [0.15, 0.2) is 0 Å². The molecule has 4 rings (SSSR count). The fourth-order valence-corrected chi connectivity index (χ4v) is 4.76. The lowest BCUT2D eigenvalue weighted by Gasteiger charge is -2.37. The van der Waals surface area contributed by atoms with Crippen molar-refractivity contribution < 1.29 is 1.41 Å². The van der Waals surface area contributed by atoms with Crippen LogP contribution in [0.4, 0.5) is 5.69 Å². The molecule has 2 aromatic carbocycles. The fraction of sp³-hybridized carbons (Fsp3) is 0.478. The Morgan fingerprint density at radius 2 is 1.64 bits per heavy atom. The van der Waals surface area contributed by atoms with Gasteiger partial charge in [0.05, 0.1) is 12.2 Å². The van der Waals surface area contributed by atoms with Crippen molar-refractivity contribution in [2.45, 2.75) is 64.2 Å². The van der Waals surface area contributed by atoms with E-state index in [1.807, 2.05) is 5.31 Å². The third-order valence-electron chi connectivity index (χ3n) is 6.10. The van der Waals surface area contributed by atoms with Gasteiger partial charge in [-0.15, -0.1) is 0 Å². The van der Waals surface area contributed by atoms with Crippen LogP contribution in [0.5, 0.6) is 0 Å². The van der Waals surface area contributed by atoms with Gasteiger partial charge in [-0.3, -0.25) is 5.31 Å². The Bertz CT molecular complexity index is 726. The van der Waals surface area contributed by atoms with Crippen molar-refractivity contribution in [3.05, 3.63) is 65.7 Å². The normalized spacial score (nSPS) is 29.0. The maximum Gasteiger partial charge on any atom is 0.125 e. The minimum absolute atomic E-state index is 0.114. The number of hydrogen-bond acceptors (Lipinski definition) is 2. The second-order valence-electron chi connectivity index (χ2n) is 7.75. The van der Waals surface area contributed by atoms with Crippen LogP contribution in [0.2, 0.25) is 1.41 Å². The van der Waals surface area contributed by atoms with Crippen LogP contribution < -0.4 is 10.2 Å². The van der Waals surface area contributed by atoms with E-state index in [1.54, 1.807) is 0 Å². The van der Waals surface area contributed by atoms with Crippen molar-refractivity contribution in [3.63, 3.8) is 0 Å². The van der Waals surface area contributed by atoms with Crippen LogP contribution >= 0.6 is 0 Å². The zero-order valence-corrected chi connectivity index (χ0v) is 15.4. The van der Waals surface area contributed by atoms with Crippen LogP contribution in [0.15, 0.2) is 54.6 Å². The summed E-state index contributed by atoms with van der Waals surface area (Å²) < 4.78 is 9.09. The molecule has 1 aliphatic heterocycles. The molecule has 2 heteroatoms. The minimum Gasteiger partial charge on any atom is -0.351 e. The molecule has 0 bridgehead atoms. The van der Waals surface area contributed by atoms with Gasteiger partial charge in [0.1, 0.15) is 1.41 Å². The van der Waals surface area contributed by atoms with E-state index in [-0.39, 0.29) is 18.2 Å². The van der Waals surface area contributed by atoms with E-state index in [4.69, 9.17) is 1.41 Å². The summed E-state index contributed by atoms with van der Waals surface area (Å²) in [6.07, 6.45) is 6.62. The average molecular weight is 336 g/mol. The number of benzene rings is 2. The lowest BCUT2D eigenvalue weighted by atomic mass is 9.86. The maximum absolute atomic E-state index is 9.09. The van der Waals surface area contributed by atoms with Crippen LogP contribution in [0.1, 0.15) is 56.2 Å². The van der Waals surface area contributed by atoms with Gasteiger partial charge in [-0.25, -0.2) is 0 Å². The molecular weight excluding hydrogens is 304 g/mol. The molecule has 2 aliphatic rings. The molecule has 1 N–H and O–H groups in total. The van der Waals surface area contributed by atoms with E-state index >= 15 is 0 Å². The number of nitrogens with zero attached hydrogens (tertiary/aromatic N) is 1. The van der Waals surface area contributed by atoms with Gasteiger partial charge in [-0.2, -0.15) is 0 Å². The zero-order chi connectivity index (χ0) is 18.1. The lowest BCUT2D eigenvalue weighted by Crippen LogP contribution is -2.45. The van der Waals surface area contributed by atoms with Crippen molar-refractivity contribution >= 4 is 5.69 Å². The van der Waals surface area contributed by atoms with E-state index in [9.17, 15) is 0 Å². The first-order chi connectivity index (χ1) is 12.7. The van der Waals surface area contributed by atoms with Crippen LogP contribution in [0.25, 0.3) is 0 Å². The van der Waals surface area contributed by atoms with Gasteiger partial charge in [0, 0.05) is 11.7 Å². The summed E-state index contributed by atoms with van der Waals surface area (Å²) in [5.74, 6) is 0.581. The molecule has 132 valence electrons. The second kappa shape index (κ2) is 7.21. The first-order valence-corrected chi connectivity index (χ1v) is 9.84. The van der Waals surface area contributed by atoms with Gasteiger partial charge in [-0.05, 0) is 49.8 Å². The summed E-state index contributed by atoms with van der Waals surface area (Å²) in [4.78, 5) is 2.55. The standard InChI is InChI=1S/C23H30N2/c1-17-11-9-10-16-21(17)25-18(2)22(19-12-5-3-6-13-19)24-23(25)20-14-7-4-8-15-20/h3,5-6,9-13,16,18,20,22-24H,4,7-8,14-15H2,1-2H3/t18-,22?,23?/m0/s1/i/hD. The molecule has 3 atom stereocenters. The van der Waals surface area contributed by atoms with E-state index in [1.165, 1.54) is 48.9 Å². The quantitative estimate of drug-likeness (QED) is 0.803. The number of rotatable bonds is 3. The largest absolute Gasteiger partial charge is 0.351 e. The Morgan fingerprint density at radius 1 is 0.960 bits per heavy atom. The Hall–Kier alpha value is -1.80. The van der Waals surface area contributed by atoms with Crippen LogP contribution in [0, 0.1) is 12.8 Å². The van der Waals surface area contributed by atoms with Gasteiger partial charge < -0.3 is 4.90 Å². The first-order valence-electron chi connectivity index (χ1n) is 10.3. The molecule has 2 aromatic rings. The Morgan fingerprint density at radius 3 is 2.36 bits per heavy atom. The third kappa shape index (κ3) is 3.20. The van der Waals surface area contributed by atoms with Crippen molar-refractivity contribution in [1.82, 2.24) is 5.31 Å². The molecule has 2 unspecified atom stereocenters. The van der Waals surface area contributed by atoms with Crippen molar-refractivity contribution in [3.8, 4) is 0 Å². The molecule has 25 heavy (non-hydrogen) atoms. The average Bonchev–Trinajstić information content (AvgIpc) is 2.94. The van der Waals surface area contributed by atoms with E-state index < -0.39 is 0 Å². The second-order valence-corrected chi connectivity index (χ2v) is 7.75. The first kappa shape index (κ1) is 15.5. The lowest BCUT2D eigenvalue weighted by molar-refractivity contribution is 0.282. The van der Waals surface area contributed by atoms with E-state index in [0.29, 0.717) is 5.92 Å². The predicted octanol–water partition coefficient (Wildman–Crippen LogP) is 5.44. The summed E-state index contributed by atoms with van der Waals surface area (Å²) in [7, 11) is 0. The van der Waals surface area contributed by atoms with Crippen LogP contribution in [-0.4, -0.2) is 12.2 Å². The Balaban J connectivity index is 1.76. The molecule has 0 aromatic heterocycles. The van der Waals surface area contributed by atoms with Gasteiger partial charge in [0.2, 0.25) is 0 Å². The number of para-hydroxylation sites is 1. The Kier molecular flexibility index (Phi) is 4.46. The molecule has 0 amide bonds. The van der Waals surface area contributed by atoms with Crippen molar-refractivity contribution in [1.29, 1.82) is 0 Å². The number of hydrogen-bond donors (Lipinski definition) is 1. The highest BCUT2D eigenvalue weighted by atomic mass is 15.4. The fourth-order valence-electron chi connectivity index (χ4n) is 4.76. The third-order valence-corrected chi connectivity index (χ3v) is 6.10. The van der Waals surface area contributed by atoms with Gasteiger partial charge >= 0.3 is 0 Å². The molecular formula is C23H30N2. The summed E-state index contributed by atoms with van der Waals surface area (Å²) >= 11 is 0. The highest BCUT2D eigenvalue weighted by molar-refractivity contribution is 5.56. The van der Waals surface area contributed by atoms with E-state index in [0.717, 1.165) is 0 Å². The number of anilines is 1. The van der Waals surface area contributed by atoms with Gasteiger partial charge in [-0.1, -0.05) is 67.8 Å². The molecule has 1 saturated carbocycles. The number of nitrogens with one attached hydrogen (secondary N) is 1. The highest BCUT2D eigenvalue weighted by Crippen LogP contribution is 2.40. The van der Waals surface area contributed by atoms with Gasteiger partial charge in [0.25, 0.3) is 0 Å². The maximum atomic E-state index is 9.09.